The molecule has 3 heterocycles. The van der Waals surface area contributed by atoms with Crippen molar-refractivity contribution in [2.45, 2.75) is 12.2 Å². The molecule has 4 aromatic rings. The molecule has 194 valence electrons. The van der Waals surface area contributed by atoms with Gasteiger partial charge in [0.2, 0.25) is 0 Å². The van der Waals surface area contributed by atoms with Crippen molar-refractivity contribution in [3.8, 4) is 22.6 Å². The first-order valence-corrected chi connectivity index (χ1v) is 11.2. The van der Waals surface area contributed by atoms with Crippen LogP contribution in [0.3, 0.4) is 0 Å². The predicted octanol–water partition coefficient (Wildman–Crippen LogP) is 3.58. The van der Waals surface area contributed by atoms with E-state index in [2.05, 4.69) is 10.3 Å². The minimum Gasteiger partial charge on any atom is -0.506 e. The van der Waals surface area contributed by atoms with E-state index in [4.69, 9.17) is 9.84 Å². The van der Waals surface area contributed by atoms with Gasteiger partial charge >= 0.3 is 12.1 Å². The van der Waals surface area contributed by atoms with Crippen LogP contribution in [0.4, 0.5) is 13.2 Å². The Hall–Kier alpha value is -4.87. The lowest BCUT2D eigenvalue weighted by molar-refractivity contribution is -0.141. The fourth-order valence-corrected chi connectivity index (χ4v) is 4.40. The molecule has 38 heavy (non-hydrogen) atoms. The number of hydrogen-bond acceptors (Lipinski definition) is 6. The summed E-state index contributed by atoms with van der Waals surface area (Å²) in [4.78, 5) is 40.6. The van der Waals surface area contributed by atoms with Crippen LogP contribution in [0.25, 0.3) is 22.0 Å². The van der Waals surface area contributed by atoms with Crippen molar-refractivity contribution < 1.29 is 37.7 Å². The summed E-state index contributed by atoms with van der Waals surface area (Å²) in [7, 11) is 0. The van der Waals surface area contributed by atoms with Gasteiger partial charge in [-0.05, 0) is 29.3 Å². The quantitative estimate of drug-likeness (QED) is 0.363. The Balaban J connectivity index is 1.57. The van der Waals surface area contributed by atoms with Crippen LogP contribution in [0, 0.1) is 0 Å². The van der Waals surface area contributed by atoms with E-state index in [0.29, 0.717) is 22.4 Å². The largest absolute Gasteiger partial charge is 0.506 e. The van der Waals surface area contributed by atoms with Gasteiger partial charge in [0.05, 0.1) is 11.6 Å². The first-order chi connectivity index (χ1) is 18.1. The van der Waals surface area contributed by atoms with E-state index in [-0.39, 0.29) is 17.5 Å². The molecule has 0 spiro atoms. The Morgan fingerprint density at radius 2 is 1.79 bits per heavy atom. The molecule has 1 atom stereocenters. The summed E-state index contributed by atoms with van der Waals surface area (Å²) in [6.07, 6.45) is -3.43. The molecule has 0 saturated heterocycles. The molecule has 9 nitrogen and oxygen atoms in total. The van der Waals surface area contributed by atoms with Gasteiger partial charge in [0.1, 0.15) is 35.9 Å². The predicted molar refractivity (Wildman–Crippen MR) is 128 cm³/mol. The molecule has 0 bridgehead atoms. The van der Waals surface area contributed by atoms with E-state index in [1.807, 2.05) is 0 Å². The van der Waals surface area contributed by atoms with Crippen LogP contribution in [0.1, 0.15) is 27.7 Å². The van der Waals surface area contributed by atoms with Crippen LogP contribution >= 0.6 is 0 Å². The molecule has 1 amide bonds. The summed E-state index contributed by atoms with van der Waals surface area (Å²) in [5.74, 6) is -2.64. The molecule has 2 aromatic carbocycles. The van der Waals surface area contributed by atoms with Crippen molar-refractivity contribution in [3.63, 3.8) is 0 Å². The molecule has 12 heteroatoms. The monoisotopic (exact) mass is 525 g/mol. The summed E-state index contributed by atoms with van der Waals surface area (Å²) in [5.41, 5.74) is -0.550. The molecule has 0 saturated carbocycles. The number of carbonyl (C=O) groups excluding carboxylic acids is 1. The summed E-state index contributed by atoms with van der Waals surface area (Å²) in [6.45, 7) is -0.739. The van der Waals surface area contributed by atoms with Crippen LogP contribution in [0.5, 0.6) is 11.5 Å². The zero-order valence-corrected chi connectivity index (χ0v) is 19.3. The molecule has 3 N–H and O–H groups in total. The number of aromatic nitrogens is 2. The van der Waals surface area contributed by atoms with E-state index >= 15 is 0 Å². The Bertz CT molecular complexity index is 1630. The summed E-state index contributed by atoms with van der Waals surface area (Å²) < 4.78 is 45.6. The maximum atomic E-state index is 13.5. The second kappa shape index (κ2) is 9.21. The number of benzene rings is 2. The molecule has 1 unspecified atom stereocenters. The number of hydrogen-bond donors (Lipinski definition) is 3. The third-order valence-corrected chi connectivity index (χ3v) is 6.18. The number of pyridine rings is 2. The fourth-order valence-electron chi connectivity index (χ4n) is 4.40. The number of carboxylic acids is 1. The number of aliphatic carboxylic acids is 1. The number of halogens is 3. The van der Waals surface area contributed by atoms with Crippen molar-refractivity contribution >= 4 is 22.8 Å². The zero-order chi connectivity index (χ0) is 27.2. The highest BCUT2D eigenvalue weighted by Gasteiger charge is 2.33. The van der Waals surface area contributed by atoms with Crippen LogP contribution in [-0.2, 0) is 11.0 Å². The molecule has 0 fully saturated rings. The van der Waals surface area contributed by atoms with Crippen LogP contribution in [0.15, 0.2) is 65.6 Å². The molecule has 5 rings (SSSR count). The number of aromatic hydroxyl groups is 1. The van der Waals surface area contributed by atoms with Crippen molar-refractivity contribution in [2.75, 3.05) is 13.2 Å². The first kappa shape index (κ1) is 24.8. The second-order valence-electron chi connectivity index (χ2n) is 8.51. The average molecular weight is 525 g/mol. The molecular formula is C26H18F3N3O6. The van der Waals surface area contributed by atoms with Crippen LogP contribution < -0.4 is 15.6 Å². The normalized spacial score (nSPS) is 14.7. The maximum Gasteiger partial charge on any atom is 0.433 e. The van der Waals surface area contributed by atoms with Crippen LogP contribution in [0.2, 0.25) is 0 Å². The summed E-state index contributed by atoms with van der Waals surface area (Å²) in [6, 6.07) is 12.8. The number of nitrogens with one attached hydrogen (secondary N) is 1. The Morgan fingerprint density at radius 3 is 2.42 bits per heavy atom. The summed E-state index contributed by atoms with van der Waals surface area (Å²) in [5, 5.41) is 21.9. The fraction of sp³-hybridized carbons (Fsp3) is 0.154. The SMILES string of the molecule is O=C(O)CNC(=O)c1c(O)c2cccc3c2n(c1=O)C(c1ccc(-c2ccc(C(F)(F)F)nc2)cc1)CO3. The number of para-hydroxylation sites is 1. The van der Waals surface area contributed by atoms with Crippen molar-refractivity contribution in [3.05, 3.63) is 88.0 Å². The number of nitrogens with zero attached hydrogens (tertiary/aromatic N) is 2. The van der Waals surface area contributed by atoms with Crippen molar-refractivity contribution in [2.24, 2.45) is 0 Å². The van der Waals surface area contributed by atoms with Gasteiger partial charge in [0.25, 0.3) is 11.5 Å². The lowest BCUT2D eigenvalue weighted by Gasteiger charge is -2.29. The maximum absolute atomic E-state index is 13.5. The van der Waals surface area contributed by atoms with Gasteiger partial charge < -0.3 is 20.3 Å². The molecule has 2 aromatic heterocycles. The highest BCUT2D eigenvalue weighted by molar-refractivity contribution is 6.04. The second-order valence-corrected chi connectivity index (χ2v) is 8.51. The third-order valence-electron chi connectivity index (χ3n) is 6.18. The number of amides is 1. The number of carboxylic acid groups (broad SMARTS) is 1. The van der Waals surface area contributed by atoms with E-state index in [1.165, 1.54) is 16.7 Å². The van der Waals surface area contributed by atoms with Crippen LogP contribution in [-0.4, -0.2) is 44.8 Å². The number of alkyl halides is 3. The molecule has 1 aliphatic rings. The zero-order valence-electron chi connectivity index (χ0n) is 19.3. The van der Waals surface area contributed by atoms with Crippen molar-refractivity contribution in [1.82, 2.24) is 14.9 Å². The van der Waals surface area contributed by atoms with Gasteiger partial charge in [0.15, 0.2) is 0 Å². The van der Waals surface area contributed by atoms with E-state index < -0.39 is 53.2 Å². The highest BCUT2D eigenvalue weighted by Crippen LogP contribution is 2.39. The molecular weight excluding hydrogens is 507 g/mol. The molecule has 1 aliphatic heterocycles. The average Bonchev–Trinajstić information content (AvgIpc) is 2.90. The topological polar surface area (TPSA) is 131 Å². The Kier molecular flexibility index (Phi) is 6.02. The minimum absolute atomic E-state index is 0.00810. The van der Waals surface area contributed by atoms with E-state index in [9.17, 15) is 32.7 Å². The Labute approximate surface area is 211 Å². The standard InChI is InChI=1S/C26H18F3N3O6/c27-26(28,29)19-9-8-15(10-30-19)13-4-6-14(7-5-13)17-12-38-18-3-1-2-16-22(18)32(17)25(37)21(23(16)35)24(36)31-11-20(33)34/h1-10,17,35H,11-12H2,(H,31,36)(H,33,34). The van der Waals surface area contributed by atoms with E-state index in [0.717, 1.165) is 12.3 Å². The third kappa shape index (κ3) is 4.29. The Morgan fingerprint density at radius 1 is 1.08 bits per heavy atom. The van der Waals surface area contributed by atoms with Gasteiger partial charge in [-0.3, -0.25) is 23.9 Å². The number of rotatable bonds is 5. The van der Waals surface area contributed by atoms with Gasteiger partial charge in [0, 0.05) is 17.1 Å². The minimum atomic E-state index is -4.55. The smallest absolute Gasteiger partial charge is 0.433 e. The molecule has 0 aliphatic carbocycles. The highest BCUT2D eigenvalue weighted by atomic mass is 19.4. The van der Waals surface area contributed by atoms with Crippen molar-refractivity contribution in [1.29, 1.82) is 0 Å². The number of carbonyl (C=O) groups is 2. The van der Waals surface area contributed by atoms with Gasteiger partial charge in [-0.15, -0.1) is 0 Å². The van der Waals surface area contributed by atoms with Gasteiger partial charge in [-0.1, -0.05) is 36.4 Å². The lowest BCUT2D eigenvalue weighted by atomic mass is 9.99. The van der Waals surface area contributed by atoms with E-state index in [1.54, 1.807) is 36.4 Å². The van der Waals surface area contributed by atoms with Gasteiger partial charge in [-0.2, -0.15) is 13.2 Å². The molecule has 0 radical (unpaired) electrons. The number of ether oxygens (including phenoxy) is 1. The first-order valence-electron chi connectivity index (χ1n) is 11.2. The summed E-state index contributed by atoms with van der Waals surface area (Å²) >= 11 is 0. The lowest BCUT2D eigenvalue weighted by Crippen LogP contribution is -2.39. The van der Waals surface area contributed by atoms with Gasteiger partial charge in [-0.25, -0.2) is 0 Å².